The number of carbonyl (C=O) groups is 1. The van der Waals surface area contributed by atoms with Crippen LogP contribution in [0.25, 0.3) is 0 Å². The summed E-state index contributed by atoms with van der Waals surface area (Å²) >= 11 is 0. The molecule has 0 saturated heterocycles. The standard InChI is InChI=1S/C16H21F2NO3S/c1-19(13-7-4-8-14(13)23(2,21)22)15(20)10-9-11-5-3-6-12(17)16(11)18/h3,5-6,13-14H,4,7-10H2,1-2H3. The lowest BCUT2D eigenvalue weighted by molar-refractivity contribution is -0.131. The van der Waals surface area contributed by atoms with Crippen molar-refractivity contribution in [2.45, 2.75) is 43.4 Å². The summed E-state index contributed by atoms with van der Waals surface area (Å²) in [5.74, 6) is -2.12. The fourth-order valence-electron chi connectivity index (χ4n) is 3.19. The molecule has 0 aromatic heterocycles. The van der Waals surface area contributed by atoms with Crippen LogP contribution in [0.2, 0.25) is 0 Å². The second-order valence-electron chi connectivity index (χ2n) is 6.08. The van der Waals surface area contributed by atoms with Crippen LogP contribution in [-0.2, 0) is 21.1 Å². The zero-order valence-corrected chi connectivity index (χ0v) is 14.1. The number of carbonyl (C=O) groups excluding carboxylic acids is 1. The summed E-state index contributed by atoms with van der Waals surface area (Å²) in [7, 11) is -1.63. The molecule has 1 aromatic rings. The normalized spacial score (nSPS) is 21.4. The first-order valence-corrected chi connectivity index (χ1v) is 9.54. The van der Waals surface area contributed by atoms with Crippen molar-refractivity contribution >= 4 is 15.7 Å². The van der Waals surface area contributed by atoms with Gasteiger partial charge in [-0.3, -0.25) is 4.79 Å². The lowest BCUT2D eigenvalue weighted by Gasteiger charge is -2.29. The van der Waals surface area contributed by atoms with Gasteiger partial charge in [-0.25, -0.2) is 17.2 Å². The van der Waals surface area contributed by atoms with Crippen LogP contribution in [-0.4, -0.2) is 43.8 Å². The van der Waals surface area contributed by atoms with Crippen molar-refractivity contribution < 1.29 is 22.0 Å². The van der Waals surface area contributed by atoms with Gasteiger partial charge in [-0.2, -0.15) is 0 Å². The van der Waals surface area contributed by atoms with Gasteiger partial charge >= 0.3 is 0 Å². The van der Waals surface area contributed by atoms with E-state index in [1.165, 1.54) is 23.3 Å². The Balaban J connectivity index is 2.01. The summed E-state index contributed by atoms with van der Waals surface area (Å²) in [6.45, 7) is 0. The molecule has 23 heavy (non-hydrogen) atoms. The summed E-state index contributed by atoms with van der Waals surface area (Å²) in [6.07, 6.45) is 3.26. The number of hydrogen-bond donors (Lipinski definition) is 0. The van der Waals surface area contributed by atoms with Crippen molar-refractivity contribution in [1.29, 1.82) is 0 Å². The minimum Gasteiger partial charge on any atom is -0.341 e. The van der Waals surface area contributed by atoms with E-state index < -0.39 is 26.7 Å². The summed E-state index contributed by atoms with van der Waals surface area (Å²) in [6, 6.07) is 3.54. The summed E-state index contributed by atoms with van der Waals surface area (Å²) in [5.41, 5.74) is 0.151. The maximum Gasteiger partial charge on any atom is 0.222 e. The van der Waals surface area contributed by atoms with E-state index >= 15 is 0 Å². The molecule has 1 amide bonds. The molecule has 2 rings (SSSR count). The van der Waals surface area contributed by atoms with Gasteiger partial charge in [-0.05, 0) is 37.3 Å². The van der Waals surface area contributed by atoms with Crippen LogP contribution in [0.1, 0.15) is 31.2 Å². The third-order valence-corrected chi connectivity index (χ3v) is 6.15. The lowest BCUT2D eigenvalue weighted by Crippen LogP contribution is -2.44. The van der Waals surface area contributed by atoms with Crippen LogP contribution in [0, 0.1) is 11.6 Å². The van der Waals surface area contributed by atoms with Gasteiger partial charge < -0.3 is 4.90 Å². The molecule has 0 spiro atoms. The third-order valence-electron chi connectivity index (χ3n) is 4.50. The van der Waals surface area contributed by atoms with Crippen molar-refractivity contribution in [3.05, 3.63) is 35.4 Å². The minimum absolute atomic E-state index is 0.0177. The maximum atomic E-state index is 13.6. The van der Waals surface area contributed by atoms with Gasteiger partial charge in [0.1, 0.15) is 0 Å². The highest BCUT2D eigenvalue weighted by Crippen LogP contribution is 2.29. The Morgan fingerprint density at radius 2 is 2.00 bits per heavy atom. The Hall–Kier alpha value is -1.50. The number of hydrogen-bond acceptors (Lipinski definition) is 3. The van der Waals surface area contributed by atoms with Gasteiger partial charge in [-0.15, -0.1) is 0 Å². The number of nitrogens with zero attached hydrogens (tertiary/aromatic N) is 1. The Bertz CT molecular complexity index is 691. The number of aryl methyl sites for hydroxylation is 1. The van der Waals surface area contributed by atoms with E-state index in [0.717, 1.165) is 12.5 Å². The van der Waals surface area contributed by atoms with Gasteiger partial charge in [0, 0.05) is 25.8 Å². The molecular formula is C16H21F2NO3S. The van der Waals surface area contributed by atoms with Crippen molar-refractivity contribution in [3.63, 3.8) is 0 Å². The molecule has 1 fully saturated rings. The fraction of sp³-hybridized carbons (Fsp3) is 0.562. The smallest absolute Gasteiger partial charge is 0.222 e. The number of amides is 1. The van der Waals surface area contributed by atoms with Gasteiger partial charge in [0.2, 0.25) is 5.91 Å². The number of halogens is 2. The minimum atomic E-state index is -3.21. The van der Waals surface area contributed by atoms with Crippen LogP contribution in [0.15, 0.2) is 18.2 Å². The fourth-order valence-corrected chi connectivity index (χ4v) is 4.68. The Morgan fingerprint density at radius 3 is 2.65 bits per heavy atom. The summed E-state index contributed by atoms with van der Waals surface area (Å²) in [4.78, 5) is 13.7. The Morgan fingerprint density at radius 1 is 1.30 bits per heavy atom. The predicted molar refractivity (Wildman–Crippen MR) is 83.7 cm³/mol. The Labute approximate surface area is 135 Å². The summed E-state index contributed by atoms with van der Waals surface area (Å²) in [5, 5.41) is -0.539. The van der Waals surface area contributed by atoms with E-state index in [2.05, 4.69) is 0 Å². The van der Waals surface area contributed by atoms with Crippen LogP contribution in [0.5, 0.6) is 0 Å². The molecule has 1 saturated carbocycles. The van der Waals surface area contributed by atoms with Crippen molar-refractivity contribution in [1.82, 2.24) is 4.90 Å². The quantitative estimate of drug-likeness (QED) is 0.823. The van der Waals surface area contributed by atoms with E-state index in [9.17, 15) is 22.0 Å². The first kappa shape index (κ1) is 17.8. The molecule has 0 radical (unpaired) electrons. The molecule has 1 aliphatic rings. The third kappa shape index (κ3) is 4.07. The molecule has 0 aliphatic heterocycles. The second-order valence-corrected chi connectivity index (χ2v) is 8.35. The molecule has 4 nitrogen and oxygen atoms in total. The van der Waals surface area contributed by atoms with Crippen molar-refractivity contribution in [2.75, 3.05) is 13.3 Å². The molecule has 7 heteroatoms. The zero-order valence-electron chi connectivity index (χ0n) is 13.3. The van der Waals surface area contributed by atoms with Crippen LogP contribution >= 0.6 is 0 Å². The topological polar surface area (TPSA) is 54.5 Å². The average Bonchev–Trinajstić information content (AvgIpc) is 2.97. The monoisotopic (exact) mass is 345 g/mol. The van der Waals surface area contributed by atoms with E-state index in [-0.39, 0.29) is 30.4 Å². The van der Waals surface area contributed by atoms with E-state index in [1.807, 2.05) is 0 Å². The molecule has 0 heterocycles. The van der Waals surface area contributed by atoms with Crippen LogP contribution in [0.3, 0.4) is 0 Å². The van der Waals surface area contributed by atoms with Gasteiger partial charge in [0.25, 0.3) is 0 Å². The average molecular weight is 345 g/mol. The highest BCUT2D eigenvalue weighted by atomic mass is 32.2. The van der Waals surface area contributed by atoms with Crippen LogP contribution < -0.4 is 0 Å². The number of sulfone groups is 1. The van der Waals surface area contributed by atoms with Crippen molar-refractivity contribution in [2.24, 2.45) is 0 Å². The molecule has 2 atom stereocenters. The van der Waals surface area contributed by atoms with Gasteiger partial charge in [-0.1, -0.05) is 12.1 Å². The van der Waals surface area contributed by atoms with E-state index in [1.54, 1.807) is 7.05 Å². The molecule has 128 valence electrons. The molecule has 1 aliphatic carbocycles. The van der Waals surface area contributed by atoms with Crippen LogP contribution in [0.4, 0.5) is 8.78 Å². The predicted octanol–water partition coefficient (Wildman–Crippen LogP) is 2.32. The lowest BCUT2D eigenvalue weighted by atomic mass is 10.1. The highest BCUT2D eigenvalue weighted by molar-refractivity contribution is 7.91. The first-order chi connectivity index (χ1) is 10.7. The van der Waals surface area contributed by atoms with Crippen molar-refractivity contribution in [3.8, 4) is 0 Å². The summed E-state index contributed by atoms with van der Waals surface area (Å²) < 4.78 is 50.4. The molecule has 1 aromatic carbocycles. The second kappa shape index (κ2) is 6.95. The first-order valence-electron chi connectivity index (χ1n) is 7.59. The molecular weight excluding hydrogens is 324 g/mol. The molecule has 0 N–H and O–H groups in total. The maximum absolute atomic E-state index is 13.6. The SMILES string of the molecule is CN(C(=O)CCc1cccc(F)c1F)C1CCCC1S(C)(=O)=O. The number of rotatable bonds is 5. The highest BCUT2D eigenvalue weighted by Gasteiger charge is 2.38. The molecule has 2 unspecified atom stereocenters. The van der Waals surface area contributed by atoms with E-state index in [0.29, 0.717) is 12.8 Å². The molecule has 0 bridgehead atoms. The van der Waals surface area contributed by atoms with E-state index in [4.69, 9.17) is 0 Å². The van der Waals surface area contributed by atoms with Gasteiger partial charge in [0.15, 0.2) is 21.5 Å². The number of benzene rings is 1. The largest absolute Gasteiger partial charge is 0.341 e. The zero-order chi connectivity index (χ0) is 17.2. The Kier molecular flexibility index (Phi) is 5.39. The van der Waals surface area contributed by atoms with Gasteiger partial charge in [0.05, 0.1) is 5.25 Å².